The van der Waals surface area contributed by atoms with Crippen molar-refractivity contribution in [2.75, 3.05) is 19.8 Å². The monoisotopic (exact) mass is 174 g/mol. The van der Waals surface area contributed by atoms with Crippen molar-refractivity contribution in [1.82, 2.24) is 0 Å². The number of esters is 1. The average Bonchev–Trinajstić information content (AvgIpc) is 2.10. The van der Waals surface area contributed by atoms with E-state index in [9.17, 15) is 4.79 Å². The molecule has 0 aliphatic rings. The molecular formula is C9H18O3. The van der Waals surface area contributed by atoms with Gasteiger partial charge in [-0.2, -0.15) is 0 Å². The third kappa shape index (κ3) is 7.54. The van der Waals surface area contributed by atoms with Gasteiger partial charge < -0.3 is 9.47 Å². The molecule has 0 aromatic carbocycles. The Hall–Kier alpha value is -0.570. The summed E-state index contributed by atoms with van der Waals surface area (Å²) in [5.41, 5.74) is 0. The van der Waals surface area contributed by atoms with Gasteiger partial charge in [0, 0.05) is 13.0 Å². The van der Waals surface area contributed by atoms with Gasteiger partial charge >= 0.3 is 5.97 Å². The maximum atomic E-state index is 10.6. The molecule has 3 nitrogen and oxygen atoms in total. The summed E-state index contributed by atoms with van der Waals surface area (Å²) in [6.07, 6.45) is 2.64. The van der Waals surface area contributed by atoms with Crippen molar-refractivity contribution in [1.29, 1.82) is 0 Å². The molecule has 0 saturated carbocycles. The van der Waals surface area contributed by atoms with Crippen LogP contribution in [0.1, 0.15) is 33.1 Å². The van der Waals surface area contributed by atoms with Crippen LogP contribution in [0, 0.1) is 0 Å². The maximum Gasteiger partial charge on any atom is 0.305 e. The smallest absolute Gasteiger partial charge is 0.305 e. The van der Waals surface area contributed by atoms with Gasteiger partial charge in [0.1, 0.15) is 6.61 Å². The van der Waals surface area contributed by atoms with E-state index in [0.29, 0.717) is 19.6 Å². The first-order chi connectivity index (χ1) is 5.81. The fourth-order valence-corrected chi connectivity index (χ4v) is 0.665. The molecule has 0 aromatic heterocycles. The largest absolute Gasteiger partial charge is 0.463 e. The predicted molar refractivity (Wildman–Crippen MR) is 47.0 cm³/mol. The summed E-state index contributed by atoms with van der Waals surface area (Å²) in [6, 6.07) is 0. The first kappa shape index (κ1) is 11.4. The lowest BCUT2D eigenvalue weighted by molar-refractivity contribution is -0.144. The second kappa shape index (κ2) is 8.53. The molecule has 72 valence electrons. The van der Waals surface area contributed by atoms with Gasteiger partial charge in [-0.25, -0.2) is 0 Å². The number of carbonyl (C=O) groups excluding carboxylic acids is 1. The van der Waals surface area contributed by atoms with Gasteiger partial charge in [-0.1, -0.05) is 20.3 Å². The molecule has 0 atom stereocenters. The van der Waals surface area contributed by atoms with Crippen LogP contribution in [0.5, 0.6) is 0 Å². The molecule has 0 bridgehead atoms. The van der Waals surface area contributed by atoms with E-state index in [4.69, 9.17) is 9.47 Å². The molecule has 3 heteroatoms. The predicted octanol–water partition coefficient (Wildman–Crippen LogP) is 1.76. The molecule has 0 fully saturated rings. The van der Waals surface area contributed by atoms with Crippen molar-refractivity contribution >= 4 is 5.97 Å². The Morgan fingerprint density at radius 1 is 1.17 bits per heavy atom. The van der Waals surface area contributed by atoms with E-state index >= 15 is 0 Å². The molecular weight excluding hydrogens is 156 g/mol. The zero-order chi connectivity index (χ0) is 9.23. The number of unbranched alkanes of at least 4 members (excludes halogenated alkanes) is 1. The highest BCUT2D eigenvalue weighted by molar-refractivity contribution is 5.68. The number of hydrogen-bond donors (Lipinski definition) is 0. The molecule has 0 radical (unpaired) electrons. The number of hydrogen-bond acceptors (Lipinski definition) is 3. The Bertz CT molecular complexity index is 112. The van der Waals surface area contributed by atoms with Crippen LogP contribution in [0.2, 0.25) is 0 Å². The first-order valence-electron chi connectivity index (χ1n) is 4.54. The van der Waals surface area contributed by atoms with E-state index < -0.39 is 0 Å². The fourth-order valence-electron chi connectivity index (χ4n) is 0.665. The van der Waals surface area contributed by atoms with Crippen molar-refractivity contribution in [3.8, 4) is 0 Å². The average molecular weight is 174 g/mol. The van der Waals surface area contributed by atoms with Gasteiger partial charge in [0.15, 0.2) is 0 Å². The molecule has 0 aromatic rings. The van der Waals surface area contributed by atoms with Crippen molar-refractivity contribution in [3.63, 3.8) is 0 Å². The standard InChI is InChI=1S/C9H18O3/c1-3-5-6-11-7-8-12-9(10)4-2/h3-8H2,1-2H3. The maximum absolute atomic E-state index is 10.6. The number of ether oxygens (including phenoxy) is 2. The Kier molecular flexibility index (Phi) is 8.12. The molecule has 0 saturated heterocycles. The minimum Gasteiger partial charge on any atom is -0.463 e. The third-order valence-corrected chi connectivity index (χ3v) is 1.42. The summed E-state index contributed by atoms with van der Waals surface area (Å²) in [5, 5.41) is 0. The van der Waals surface area contributed by atoms with Crippen LogP contribution in [0.4, 0.5) is 0 Å². The number of carbonyl (C=O) groups is 1. The van der Waals surface area contributed by atoms with Crippen LogP contribution in [-0.4, -0.2) is 25.8 Å². The van der Waals surface area contributed by atoms with E-state index in [-0.39, 0.29) is 5.97 Å². The van der Waals surface area contributed by atoms with E-state index in [1.807, 2.05) is 0 Å². The highest BCUT2D eigenvalue weighted by Crippen LogP contribution is 1.89. The molecule has 0 aliphatic carbocycles. The minimum atomic E-state index is -0.158. The molecule has 0 amide bonds. The summed E-state index contributed by atoms with van der Waals surface area (Å²) in [4.78, 5) is 10.6. The summed E-state index contributed by atoms with van der Waals surface area (Å²) < 4.78 is 10.00. The summed E-state index contributed by atoms with van der Waals surface area (Å²) >= 11 is 0. The van der Waals surface area contributed by atoms with Gasteiger partial charge in [0.25, 0.3) is 0 Å². The zero-order valence-electron chi connectivity index (χ0n) is 7.97. The Balaban J connectivity index is 2.95. The molecule has 0 N–H and O–H groups in total. The normalized spacial score (nSPS) is 9.83. The molecule has 0 unspecified atom stereocenters. The molecule has 0 heterocycles. The van der Waals surface area contributed by atoms with Crippen LogP contribution in [0.15, 0.2) is 0 Å². The lowest BCUT2D eigenvalue weighted by Gasteiger charge is -2.03. The Labute approximate surface area is 74.0 Å². The SMILES string of the molecule is CCCCOCCOC(=O)CC. The second-order valence-electron chi connectivity index (χ2n) is 2.54. The Morgan fingerprint density at radius 2 is 1.92 bits per heavy atom. The van der Waals surface area contributed by atoms with Crippen LogP contribution in [-0.2, 0) is 14.3 Å². The highest BCUT2D eigenvalue weighted by Gasteiger charge is 1.96. The molecule has 12 heavy (non-hydrogen) atoms. The van der Waals surface area contributed by atoms with Crippen LogP contribution >= 0.6 is 0 Å². The lowest BCUT2D eigenvalue weighted by Crippen LogP contribution is -2.09. The van der Waals surface area contributed by atoms with E-state index in [1.165, 1.54) is 0 Å². The molecule has 0 aliphatic heterocycles. The summed E-state index contributed by atoms with van der Waals surface area (Å²) in [6.45, 7) is 5.56. The highest BCUT2D eigenvalue weighted by atomic mass is 16.6. The fraction of sp³-hybridized carbons (Fsp3) is 0.889. The van der Waals surface area contributed by atoms with Crippen molar-refractivity contribution in [3.05, 3.63) is 0 Å². The van der Waals surface area contributed by atoms with Crippen molar-refractivity contribution < 1.29 is 14.3 Å². The van der Waals surface area contributed by atoms with Gasteiger partial charge in [-0.15, -0.1) is 0 Å². The van der Waals surface area contributed by atoms with Gasteiger partial charge in [-0.05, 0) is 6.42 Å². The molecule has 0 spiro atoms. The van der Waals surface area contributed by atoms with Gasteiger partial charge in [0.2, 0.25) is 0 Å². The van der Waals surface area contributed by atoms with Crippen LogP contribution in [0.3, 0.4) is 0 Å². The second-order valence-corrected chi connectivity index (χ2v) is 2.54. The molecule has 0 rings (SSSR count). The zero-order valence-corrected chi connectivity index (χ0v) is 7.97. The number of rotatable bonds is 7. The van der Waals surface area contributed by atoms with Crippen LogP contribution < -0.4 is 0 Å². The van der Waals surface area contributed by atoms with Gasteiger partial charge in [-0.3, -0.25) is 4.79 Å². The quantitative estimate of drug-likeness (QED) is 0.436. The van der Waals surface area contributed by atoms with E-state index in [2.05, 4.69) is 6.92 Å². The summed E-state index contributed by atoms with van der Waals surface area (Å²) in [7, 11) is 0. The van der Waals surface area contributed by atoms with E-state index in [1.54, 1.807) is 6.92 Å². The first-order valence-corrected chi connectivity index (χ1v) is 4.54. The topological polar surface area (TPSA) is 35.5 Å². The third-order valence-electron chi connectivity index (χ3n) is 1.42. The van der Waals surface area contributed by atoms with Gasteiger partial charge in [0.05, 0.1) is 6.61 Å². The lowest BCUT2D eigenvalue weighted by atomic mass is 10.4. The Morgan fingerprint density at radius 3 is 2.50 bits per heavy atom. The van der Waals surface area contributed by atoms with Crippen molar-refractivity contribution in [2.45, 2.75) is 33.1 Å². The minimum absolute atomic E-state index is 0.158. The van der Waals surface area contributed by atoms with E-state index in [0.717, 1.165) is 19.4 Å². The van der Waals surface area contributed by atoms with Crippen molar-refractivity contribution in [2.24, 2.45) is 0 Å². The van der Waals surface area contributed by atoms with Crippen LogP contribution in [0.25, 0.3) is 0 Å². The summed E-state index contributed by atoms with van der Waals surface area (Å²) in [5.74, 6) is -0.158.